The number of morpholine rings is 1. The van der Waals surface area contributed by atoms with Gasteiger partial charge in [-0.3, -0.25) is 9.69 Å². The molecule has 5 rings (SSSR count). The number of para-hydroxylation sites is 1. The van der Waals surface area contributed by atoms with Crippen LogP contribution < -0.4 is 10.9 Å². The maximum absolute atomic E-state index is 13.7. The summed E-state index contributed by atoms with van der Waals surface area (Å²) < 4.78 is 7.20. The lowest BCUT2D eigenvalue weighted by Crippen LogP contribution is -2.39. The Morgan fingerprint density at radius 3 is 2.70 bits per heavy atom. The number of thiophene rings is 1. The Bertz CT molecular complexity index is 1070. The van der Waals surface area contributed by atoms with E-state index in [0.29, 0.717) is 5.95 Å². The molecule has 0 spiro atoms. The lowest BCUT2D eigenvalue weighted by atomic mass is 10.1. The fourth-order valence-corrected chi connectivity index (χ4v) is 5.72. The van der Waals surface area contributed by atoms with E-state index < -0.39 is 0 Å². The number of nitrogens with zero attached hydrogens (tertiary/aromatic N) is 3. The van der Waals surface area contributed by atoms with Crippen LogP contribution in [0.3, 0.4) is 0 Å². The molecule has 0 bridgehead atoms. The summed E-state index contributed by atoms with van der Waals surface area (Å²) in [4.78, 5) is 23.3. The quantitative estimate of drug-likeness (QED) is 0.636. The number of rotatable bonds is 5. The summed E-state index contributed by atoms with van der Waals surface area (Å²) in [6.07, 6.45) is 5.66. The van der Waals surface area contributed by atoms with Crippen LogP contribution in [-0.2, 0) is 17.6 Å². The summed E-state index contributed by atoms with van der Waals surface area (Å²) in [5.41, 5.74) is 2.16. The second-order valence-electron chi connectivity index (χ2n) is 8.04. The minimum absolute atomic E-state index is 0.0551. The van der Waals surface area contributed by atoms with Gasteiger partial charge in [-0.1, -0.05) is 24.6 Å². The molecule has 6 nitrogen and oxygen atoms in total. The zero-order valence-electron chi connectivity index (χ0n) is 17.2. The normalized spacial score (nSPS) is 17.6. The lowest BCUT2D eigenvalue weighted by Gasteiger charge is -2.26. The van der Waals surface area contributed by atoms with Gasteiger partial charge in [-0.2, -0.15) is 0 Å². The van der Waals surface area contributed by atoms with Crippen LogP contribution in [0.15, 0.2) is 35.1 Å². The monoisotopic (exact) mass is 424 g/mol. The molecule has 1 fully saturated rings. The van der Waals surface area contributed by atoms with Crippen molar-refractivity contribution in [1.29, 1.82) is 0 Å². The van der Waals surface area contributed by atoms with Crippen LogP contribution in [0, 0.1) is 0 Å². The molecule has 2 aromatic heterocycles. The van der Waals surface area contributed by atoms with Crippen LogP contribution in [0.5, 0.6) is 0 Å². The Morgan fingerprint density at radius 2 is 1.87 bits per heavy atom. The summed E-state index contributed by atoms with van der Waals surface area (Å²) in [6, 6.07) is 9.87. The van der Waals surface area contributed by atoms with Gasteiger partial charge in [0.15, 0.2) is 0 Å². The fraction of sp³-hybridized carbons (Fsp3) is 0.478. The van der Waals surface area contributed by atoms with Crippen molar-refractivity contribution >= 4 is 27.5 Å². The van der Waals surface area contributed by atoms with E-state index in [1.54, 1.807) is 15.9 Å². The first kappa shape index (κ1) is 19.7. The van der Waals surface area contributed by atoms with E-state index in [9.17, 15) is 4.79 Å². The summed E-state index contributed by atoms with van der Waals surface area (Å²) >= 11 is 1.72. The highest BCUT2D eigenvalue weighted by Crippen LogP contribution is 2.34. The SMILES string of the molecule is O=c1c2c3c(sc2nc(NCCN2CCOCC2)n1-c1ccccc1)CCCCC3. The van der Waals surface area contributed by atoms with Gasteiger partial charge < -0.3 is 10.1 Å². The van der Waals surface area contributed by atoms with E-state index >= 15 is 0 Å². The summed E-state index contributed by atoms with van der Waals surface area (Å²) in [5.74, 6) is 0.642. The van der Waals surface area contributed by atoms with E-state index in [1.807, 2.05) is 30.3 Å². The predicted molar refractivity (Wildman–Crippen MR) is 122 cm³/mol. The van der Waals surface area contributed by atoms with E-state index in [0.717, 1.165) is 74.6 Å². The molecule has 1 saturated heterocycles. The van der Waals surface area contributed by atoms with Gasteiger partial charge in [0.05, 0.1) is 24.3 Å². The molecule has 3 heterocycles. The van der Waals surface area contributed by atoms with Crippen molar-refractivity contribution in [3.05, 3.63) is 51.1 Å². The highest BCUT2D eigenvalue weighted by Gasteiger charge is 2.22. The van der Waals surface area contributed by atoms with Crippen LogP contribution in [0.1, 0.15) is 29.7 Å². The van der Waals surface area contributed by atoms with Crippen LogP contribution in [0.4, 0.5) is 5.95 Å². The molecule has 0 amide bonds. The van der Waals surface area contributed by atoms with Crippen LogP contribution >= 0.6 is 11.3 Å². The molecule has 158 valence electrons. The van der Waals surface area contributed by atoms with Crippen molar-refractivity contribution in [2.45, 2.75) is 32.1 Å². The molecular weight excluding hydrogens is 396 g/mol. The fourth-order valence-electron chi connectivity index (χ4n) is 4.47. The highest BCUT2D eigenvalue weighted by molar-refractivity contribution is 7.18. The minimum atomic E-state index is 0.0551. The van der Waals surface area contributed by atoms with E-state index in [4.69, 9.17) is 9.72 Å². The Kier molecular flexibility index (Phi) is 5.84. The van der Waals surface area contributed by atoms with Crippen molar-refractivity contribution in [3.8, 4) is 5.69 Å². The second kappa shape index (κ2) is 8.88. The zero-order valence-corrected chi connectivity index (χ0v) is 18.0. The van der Waals surface area contributed by atoms with Gasteiger partial charge in [0, 0.05) is 31.1 Å². The van der Waals surface area contributed by atoms with E-state index in [-0.39, 0.29) is 5.56 Å². The standard InChI is InChI=1S/C23H28N4O2S/c28-22-20-18-9-5-2-6-10-19(18)30-21(20)25-23(27(22)17-7-3-1-4-8-17)24-11-12-26-13-15-29-16-14-26/h1,3-4,7-8H,2,5-6,9-16H2,(H,24,25). The number of fused-ring (bicyclic) bond motifs is 3. The van der Waals surface area contributed by atoms with Crippen molar-refractivity contribution < 1.29 is 4.74 Å². The van der Waals surface area contributed by atoms with E-state index in [2.05, 4.69) is 10.2 Å². The first-order chi connectivity index (χ1) is 14.8. The summed E-state index contributed by atoms with van der Waals surface area (Å²) in [5, 5.41) is 4.29. The number of anilines is 1. The number of benzene rings is 1. The Hall–Kier alpha value is -2.22. The number of nitrogens with one attached hydrogen (secondary N) is 1. The third kappa shape index (κ3) is 3.89. The average Bonchev–Trinajstić information content (AvgIpc) is 2.96. The van der Waals surface area contributed by atoms with E-state index in [1.165, 1.54) is 23.3 Å². The summed E-state index contributed by atoms with van der Waals surface area (Å²) in [7, 11) is 0. The molecule has 0 radical (unpaired) electrons. The minimum Gasteiger partial charge on any atom is -0.379 e. The smallest absolute Gasteiger partial charge is 0.268 e. The molecule has 1 aromatic carbocycles. The predicted octanol–water partition coefficient (Wildman–Crippen LogP) is 3.46. The molecule has 30 heavy (non-hydrogen) atoms. The van der Waals surface area contributed by atoms with Gasteiger partial charge >= 0.3 is 0 Å². The molecule has 0 unspecified atom stereocenters. The topological polar surface area (TPSA) is 59.4 Å². The Morgan fingerprint density at radius 1 is 1.07 bits per heavy atom. The second-order valence-corrected chi connectivity index (χ2v) is 9.12. The molecular formula is C23H28N4O2S. The number of aryl methyl sites for hydroxylation is 2. The largest absolute Gasteiger partial charge is 0.379 e. The molecule has 2 aliphatic rings. The molecule has 7 heteroatoms. The van der Waals surface area contributed by atoms with Crippen LogP contribution in [0.25, 0.3) is 15.9 Å². The average molecular weight is 425 g/mol. The number of aromatic nitrogens is 2. The molecule has 1 N–H and O–H groups in total. The third-order valence-electron chi connectivity index (χ3n) is 6.07. The molecule has 1 aliphatic heterocycles. The maximum Gasteiger partial charge on any atom is 0.268 e. The highest BCUT2D eigenvalue weighted by atomic mass is 32.1. The first-order valence-electron chi connectivity index (χ1n) is 11.0. The molecule has 1 aliphatic carbocycles. The van der Waals surface area contributed by atoms with Crippen molar-refractivity contribution in [3.63, 3.8) is 0 Å². The first-order valence-corrected chi connectivity index (χ1v) is 11.8. The molecule has 0 atom stereocenters. The zero-order chi connectivity index (χ0) is 20.3. The van der Waals surface area contributed by atoms with Gasteiger partial charge in [0.2, 0.25) is 5.95 Å². The molecule has 0 saturated carbocycles. The van der Waals surface area contributed by atoms with Crippen molar-refractivity contribution in [2.75, 3.05) is 44.7 Å². The Labute approximate surface area is 180 Å². The van der Waals surface area contributed by atoms with Gasteiger partial charge in [0.1, 0.15) is 4.83 Å². The van der Waals surface area contributed by atoms with Crippen molar-refractivity contribution in [2.24, 2.45) is 0 Å². The maximum atomic E-state index is 13.7. The number of hydrogen-bond donors (Lipinski definition) is 1. The van der Waals surface area contributed by atoms with Gasteiger partial charge in [-0.25, -0.2) is 9.55 Å². The third-order valence-corrected chi connectivity index (χ3v) is 7.25. The van der Waals surface area contributed by atoms with Crippen molar-refractivity contribution in [1.82, 2.24) is 14.5 Å². The van der Waals surface area contributed by atoms with Crippen LogP contribution in [-0.4, -0.2) is 53.8 Å². The Balaban J connectivity index is 1.53. The van der Waals surface area contributed by atoms with Gasteiger partial charge in [0.25, 0.3) is 5.56 Å². The lowest BCUT2D eigenvalue weighted by molar-refractivity contribution is 0.0398. The number of ether oxygens (including phenoxy) is 1. The number of hydrogen-bond acceptors (Lipinski definition) is 6. The molecule has 3 aromatic rings. The van der Waals surface area contributed by atoms with Crippen LogP contribution in [0.2, 0.25) is 0 Å². The van der Waals surface area contributed by atoms with Gasteiger partial charge in [-0.15, -0.1) is 11.3 Å². The summed E-state index contributed by atoms with van der Waals surface area (Å²) in [6.45, 7) is 5.15. The van der Waals surface area contributed by atoms with Gasteiger partial charge in [-0.05, 0) is 43.4 Å².